The fourth-order valence-electron chi connectivity index (χ4n) is 5.98. The third-order valence-corrected chi connectivity index (χ3v) is 7.66. The molecule has 1 aromatic carbocycles. The molecule has 2 aliphatic carbocycles. The number of anilines is 1. The van der Waals surface area contributed by atoms with Gasteiger partial charge in [-0.3, -0.25) is 14.5 Å². The summed E-state index contributed by atoms with van der Waals surface area (Å²) in [6, 6.07) is 5.51. The zero-order chi connectivity index (χ0) is 23.6. The van der Waals surface area contributed by atoms with Crippen LogP contribution >= 0.6 is 0 Å². The molecule has 1 saturated heterocycles. The van der Waals surface area contributed by atoms with Gasteiger partial charge < -0.3 is 16.0 Å². The lowest BCUT2D eigenvalue weighted by molar-refractivity contribution is -0.137. The number of unbranched alkanes of at least 4 members (excludes halogenated alkanes) is 1. The number of carbonyl (C=O) groups is 2. The molecule has 9 heteroatoms. The lowest BCUT2D eigenvalue weighted by atomic mass is 9.78. The largest absolute Gasteiger partial charge is 0.416 e. The van der Waals surface area contributed by atoms with E-state index in [1.165, 1.54) is 12.1 Å². The lowest BCUT2D eigenvalue weighted by Crippen LogP contribution is -2.46. The van der Waals surface area contributed by atoms with Crippen LogP contribution in [-0.4, -0.2) is 56.0 Å². The van der Waals surface area contributed by atoms with Crippen LogP contribution in [0.5, 0.6) is 0 Å². The number of primary amides is 1. The van der Waals surface area contributed by atoms with E-state index >= 15 is 0 Å². The number of amides is 2. The van der Waals surface area contributed by atoms with Crippen molar-refractivity contribution in [1.29, 1.82) is 0 Å². The minimum absolute atomic E-state index is 0.0271. The summed E-state index contributed by atoms with van der Waals surface area (Å²) in [4.78, 5) is 28.8. The number of nitrogens with two attached hydrogens (primary N) is 1. The Morgan fingerprint density at radius 1 is 1.03 bits per heavy atom. The fraction of sp³-hybridized carbons (Fsp3) is 0.667. The molecule has 2 amide bonds. The van der Waals surface area contributed by atoms with Crippen molar-refractivity contribution in [2.75, 3.05) is 44.2 Å². The van der Waals surface area contributed by atoms with E-state index < -0.39 is 11.7 Å². The van der Waals surface area contributed by atoms with Crippen LogP contribution in [0.2, 0.25) is 0 Å². The van der Waals surface area contributed by atoms with Crippen molar-refractivity contribution in [2.45, 2.75) is 38.3 Å². The van der Waals surface area contributed by atoms with Crippen molar-refractivity contribution in [3.8, 4) is 0 Å². The van der Waals surface area contributed by atoms with Crippen LogP contribution in [-0.2, 0) is 15.8 Å². The van der Waals surface area contributed by atoms with E-state index in [9.17, 15) is 22.8 Å². The molecule has 0 unspecified atom stereocenters. The molecule has 0 radical (unpaired) electrons. The van der Waals surface area contributed by atoms with Gasteiger partial charge in [-0.05, 0) is 68.7 Å². The highest BCUT2D eigenvalue weighted by atomic mass is 19.4. The number of halogens is 3. The maximum Gasteiger partial charge on any atom is 0.416 e. The molecule has 3 N–H and O–H groups in total. The second-order valence-corrected chi connectivity index (χ2v) is 9.66. The smallest absolute Gasteiger partial charge is 0.369 e. The molecule has 1 heterocycles. The Bertz CT molecular complexity index is 854. The summed E-state index contributed by atoms with van der Waals surface area (Å²) in [6.07, 6.45) is 0.410. The van der Waals surface area contributed by atoms with E-state index in [-0.39, 0.29) is 29.6 Å². The van der Waals surface area contributed by atoms with Gasteiger partial charge >= 0.3 is 6.18 Å². The third-order valence-electron chi connectivity index (χ3n) is 7.66. The van der Waals surface area contributed by atoms with E-state index in [4.69, 9.17) is 5.73 Å². The van der Waals surface area contributed by atoms with Crippen molar-refractivity contribution >= 4 is 17.5 Å². The summed E-state index contributed by atoms with van der Waals surface area (Å²) in [7, 11) is 0. The van der Waals surface area contributed by atoms with Crippen molar-refractivity contribution in [2.24, 2.45) is 29.4 Å². The van der Waals surface area contributed by atoms with Crippen molar-refractivity contribution in [3.05, 3.63) is 29.8 Å². The summed E-state index contributed by atoms with van der Waals surface area (Å²) in [6.45, 7) is 4.46. The number of rotatable bonds is 8. The highest BCUT2D eigenvalue weighted by Crippen LogP contribution is 2.52. The number of nitrogens with one attached hydrogen (secondary N) is 1. The number of fused-ring (bicyclic) bond motifs is 2. The first-order valence-electron chi connectivity index (χ1n) is 12.0. The summed E-state index contributed by atoms with van der Waals surface area (Å²) in [5.74, 6) is -0.368. The second-order valence-electron chi connectivity index (χ2n) is 9.66. The Morgan fingerprint density at radius 2 is 1.73 bits per heavy atom. The molecule has 33 heavy (non-hydrogen) atoms. The number of carbonyl (C=O) groups excluding carboxylic acids is 2. The van der Waals surface area contributed by atoms with Gasteiger partial charge in [0.2, 0.25) is 11.8 Å². The first kappa shape index (κ1) is 23.9. The van der Waals surface area contributed by atoms with E-state index in [0.29, 0.717) is 31.2 Å². The average Bonchev–Trinajstić information content (AvgIpc) is 3.40. The second kappa shape index (κ2) is 9.91. The molecular weight excluding hydrogens is 433 g/mol. The zero-order valence-corrected chi connectivity index (χ0v) is 18.8. The van der Waals surface area contributed by atoms with Crippen LogP contribution in [0, 0.1) is 23.7 Å². The highest BCUT2D eigenvalue weighted by molar-refractivity contribution is 5.88. The van der Waals surface area contributed by atoms with E-state index in [1.54, 1.807) is 6.07 Å². The molecule has 2 saturated carbocycles. The number of nitrogens with zero attached hydrogens (tertiary/aromatic N) is 2. The van der Waals surface area contributed by atoms with Gasteiger partial charge in [0.25, 0.3) is 0 Å². The Morgan fingerprint density at radius 3 is 2.39 bits per heavy atom. The molecule has 0 spiro atoms. The molecule has 6 nitrogen and oxygen atoms in total. The van der Waals surface area contributed by atoms with Gasteiger partial charge in [-0.1, -0.05) is 6.07 Å². The van der Waals surface area contributed by atoms with Gasteiger partial charge in [0.1, 0.15) is 0 Å². The number of piperazine rings is 1. The summed E-state index contributed by atoms with van der Waals surface area (Å²) >= 11 is 0. The summed E-state index contributed by atoms with van der Waals surface area (Å²) in [5, 5.41) is 3.01. The van der Waals surface area contributed by atoms with Gasteiger partial charge in [0.05, 0.1) is 17.4 Å². The summed E-state index contributed by atoms with van der Waals surface area (Å²) < 4.78 is 38.9. The van der Waals surface area contributed by atoms with Gasteiger partial charge in [-0.25, -0.2) is 0 Å². The number of hydrogen-bond acceptors (Lipinski definition) is 4. The average molecular weight is 467 g/mol. The third kappa shape index (κ3) is 5.45. The normalized spacial score (nSPS) is 27.7. The van der Waals surface area contributed by atoms with E-state index in [0.717, 1.165) is 57.8 Å². The predicted molar refractivity (Wildman–Crippen MR) is 119 cm³/mol. The lowest BCUT2D eigenvalue weighted by Gasteiger charge is -2.36. The quantitative estimate of drug-likeness (QED) is 0.578. The van der Waals surface area contributed by atoms with Crippen LogP contribution in [0.25, 0.3) is 0 Å². The van der Waals surface area contributed by atoms with Crippen molar-refractivity contribution in [3.63, 3.8) is 0 Å². The van der Waals surface area contributed by atoms with Crippen LogP contribution in [0.4, 0.5) is 18.9 Å². The molecular formula is C24H33F3N4O2. The molecule has 1 aliphatic heterocycles. The van der Waals surface area contributed by atoms with Gasteiger partial charge in [0.15, 0.2) is 0 Å². The zero-order valence-electron chi connectivity index (χ0n) is 18.8. The first-order chi connectivity index (χ1) is 15.7. The standard InChI is InChI=1S/C24H33F3N4O2/c25-24(26,27)18-4-3-5-19(15-18)31-12-10-30(11-13-31)9-2-1-8-29-23(33)21-17-7-6-16(14-17)20(21)22(28)32/h3-5,15-17,20-21H,1-2,6-14H2,(H2,28,32)(H,29,33)/t16-,17+,20+,21-/m1/s1. The highest BCUT2D eigenvalue weighted by Gasteiger charge is 2.53. The Labute approximate surface area is 192 Å². The minimum Gasteiger partial charge on any atom is -0.369 e. The molecule has 2 bridgehead atoms. The molecule has 3 fully saturated rings. The van der Waals surface area contributed by atoms with E-state index in [1.807, 2.05) is 4.90 Å². The fourth-order valence-corrected chi connectivity index (χ4v) is 5.98. The van der Waals surface area contributed by atoms with Gasteiger partial charge in [-0.15, -0.1) is 0 Å². The monoisotopic (exact) mass is 466 g/mol. The molecule has 3 aliphatic rings. The molecule has 4 rings (SSSR count). The number of benzene rings is 1. The van der Waals surface area contributed by atoms with Gasteiger partial charge in [0, 0.05) is 38.4 Å². The SMILES string of the molecule is NC(=O)[C@H]1[C@@H]2CC[C@@H](C2)[C@H]1C(=O)NCCCCN1CCN(c2cccc(C(F)(F)F)c2)CC1. The van der Waals surface area contributed by atoms with E-state index in [2.05, 4.69) is 10.2 Å². The Kier molecular flexibility index (Phi) is 7.16. The van der Waals surface area contributed by atoms with Crippen LogP contribution < -0.4 is 16.0 Å². The van der Waals surface area contributed by atoms with Crippen LogP contribution in [0.1, 0.15) is 37.7 Å². The van der Waals surface area contributed by atoms with Crippen molar-refractivity contribution in [1.82, 2.24) is 10.2 Å². The topological polar surface area (TPSA) is 78.7 Å². The molecule has 0 aromatic heterocycles. The Balaban J connectivity index is 1.14. The first-order valence-corrected chi connectivity index (χ1v) is 12.0. The number of hydrogen-bond donors (Lipinski definition) is 2. The molecule has 4 atom stereocenters. The maximum absolute atomic E-state index is 13.0. The predicted octanol–water partition coefficient (Wildman–Crippen LogP) is 2.87. The Hall–Kier alpha value is -2.29. The van der Waals surface area contributed by atoms with Crippen molar-refractivity contribution < 1.29 is 22.8 Å². The van der Waals surface area contributed by atoms with Gasteiger partial charge in [-0.2, -0.15) is 13.2 Å². The van der Waals surface area contributed by atoms with Crippen LogP contribution in [0.15, 0.2) is 24.3 Å². The number of alkyl halides is 3. The minimum atomic E-state index is -4.33. The maximum atomic E-state index is 13.0. The van der Waals surface area contributed by atoms with Crippen LogP contribution in [0.3, 0.4) is 0 Å². The molecule has 1 aromatic rings. The molecule has 182 valence electrons. The summed E-state index contributed by atoms with van der Waals surface area (Å²) in [5.41, 5.74) is 5.57.